The van der Waals surface area contributed by atoms with Crippen LogP contribution in [0.4, 0.5) is 0 Å². The van der Waals surface area contributed by atoms with E-state index in [1.807, 2.05) is 6.07 Å². The molecule has 2 heteroatoms. The summed E-state index contributed by atoms with van der Waals surface area (Å²) in [4.78, 5) is 4.65. The van der Waals surface area contributed by atoms with Gasteiger partial charge in [0, 0.05) is 11.1 Å². The second-order valence-electron chi connectivity index (χ2n) is 5.44. The fourth-order valence-electron chi connectivity index (χ4n) is 2.28. The summed E-state index contributed by atoms with van der Waals surface area (Å²) in [6, 6.07) is 23.2. The summed E-state index contributed by atoms with van der Waals surface area (Å²) in [6.45, 7) is 2.23. The number of hydrogen-bond acceptors (Lipinski definition) is 1. The van der Waals surface area contributed by atoms with E-state index in [2.05, 4.69) is 72.6 Å². The predicted octanol–water partition coefficient (Wildman–Crippen LogP) is 4.83. The van der Waals surface area contributed by atoms with Crippen molar-refractivity contribution in [2.75, 3.05) is 0 Å². The molecule has 1 nitrogen and oxygen atoms in total. The first-order chi connectivity index (χ1) is 10.8. The van der Waals surface area contributed by atoms with Crippen molar-refractivity contribution in [1.82, 2.24) is 4.98 Å². The zero-order chi connectivity index (χ0) is 15.6. The number of aromatic nitrogens is 1. The molecule has 0 atom stereocenters. The van der Waals surface area contributed by atoms with Crippen LogP contribution < -0.4 is 3.07 Å². The molecular weight excluding hydrogens is 455 g/mol. The molecule has 0 saturated heterocycles. The number of nitrogens with zero attached hydrogens (tertiary/aromatic N) is 1. The van der Waals surface area contributed by atoms with Gasteiger partial charge in [-0.25, -0.2) is 0 Å². The monoisotopic (exact) mass is 478 g/mol. The van der Waals surface area contributed by atoms with Crippen LogP contribution in [-0.2, 0) is 32.5 Å². The van der Waals surface area contributed by atoms with Crippen LogP contribution in [0.3, 0.4) is 0 Å². The topological polar surface area (TPSA) is 12.9 Å². The van der Waals surface area contributed by atoms with Gasteiger partial charge in [0.2, 0.25) is 0 Å². The van der Waals surface area contributed by atoms with Crippen LogP contribution in [0.2, 0.25) is 0 Å². The van der Waals surface area contributed by atoms with Gasteiger partial charge in [-0.15, -0.1) is 0 Å². The summed E-state index contributed by atoms with van der Waals surface area (Å²) in [5.74, 6) is 0. The Balaban J connectivity index is 0.000000211. The van der Waals surface area contributed by atoms with Crippen LogP contribution in [0.5, 0.6) is 0 Å². The van der Waals surface area contributed by atoms with Gasteiger partial charge >= 0.3 is 59.5 Å². The van der Waals surface area contributed by atoms with Gasteiger partial charge in [-0.05, 0) is 25.0 Å². The zero-order valence-electron chi connectivity index (χ0n) is 13.3. The van der Waals surface area contributed by atoms with Gasteiger partial charge in [0.15, 0.2) is 0 Å². The van der Waals surface area contributed by atoms with Crippen molar-refractivity contribution in [3.8, 4) is 0 Å². The van der Waals surface area contributed by atoms with Gasteiger partial charge in [0.05, 0.1) is 5.52 Å². The van der Waals surface area contributed by atoms with Gasteiger partial charge in [-0.3, -0.25) is 4.98 Å². The van der Waals surface area contributed by atoms with Crippen LogP contribution in [0.15, 0.2) is 66.7 Å². The van der Waals surface area contributed by atoms with E-state index in [1.165, 1.54) is 33.4 Å². The second kappa shape index (κ2) is 9.73. The van der Waals surface area contributed by atoms with E-state index >= 15 is 0 Å². The molecule has 3 rings (SSSR count). The number of fused-ring (bicyclic) bond motifs is 1. The van der Waals surface area contributed by atoms with Gasteiger partial charge < -0.3 is 0 Å². The molecule has 0 fully saturated rings. The van der Waals surface area contributed by atoms with Gasteiger partial charge in [0.25, 0.3) is 0 Å². The van der Waals surface area contributed by atoms with Crippen molar-refractivity contribution >= 4 is 14.0 Å². The Morgan fingerprint density at radius 1 is 0.818 bits per heavy atom. The first-order valence-corrected chi connectivity index (χ1v) is 10.8. The maximum atomic E-state index is 4.65. The van der Waals surface area contributed by atoms with Crippen molar-refractivity contribution in [3.05, 3.63) is 72.4 Å². The summed E-state index contributed by atoms with van der Waals surface area (Å²) < 4.78 is 1.52. The standard InChI is InChI=1S/C14H17N.C6H5.Hg/c1-2-3-4-8-13-11-10-12-7-5-6-9-14(12)15-13;1-2-4-6-5-3-1;/h5-7,9-11H,2-4,8H2,1H3;1-5H;. The number of hydrogen-bond donors (Lipinski definition) is 0. The van der Waals surface area contributed by atoms with Crippen molar-refractivity contribution in [2.24, 2.45) is 0 Å². The second-order valence-corrected chi connectivity index (χ2v) is 8.61. The molecule has 22 heavy (non-hydrogen) atoms. The molecule has 0 unspecified atom stereocenters. The zero-order valence-corrected chi connectivity index (χ0v) is 18.8. The number of unbranched alkanes of at least 4 members (excludes halogenated alkanes) is 2. The van der Waals surface area contributed by atoms with Gasteiger partial charge in [-0.2, -0.15) is 0 Å². The average molecular weight is 477 g/mol. The van der Waals surface area contributed by atoms with Gasteiger partial charge in [0.1, 0.15) is 0 Å². The Labute approximate surface area is 149 Å². The number of benzene rings is 2. The molecule has 0 N–H and O–H groups in total. The van der Waals surface area contributed by atoms with Gasteiger partial charge in [-0.1, -0.05) is 44.0 Å². The Morgan fingerprint density at radius 2 is 1.55 bits per heavy atom. The Hall–Kier alpha value is -1.21. The molecule has 3 aromatic rings. The van der Waals surface area contributed by atoms with E-state index in [0.717, 1.165) is 38.1 Å². The number of aryl methyl sites for hydroxylation is 1. The summed E-state index contributed by atoms with van der Waals surface area (Å²) in [5.41, 5.74) is 2.34. The Morgan fingerprint density at radius 3 is 2.23 bits per heavy atom. The first kappa shape index (κ1) is 17.1. The molecule has 2 aromatic carbocycles. The predicted molar refractivity (Wildman–Crippen MR) is 91.0 cm³/mol. The van der Waals surface area contributed by atoms with Crippen molar-refractivity contribution in [2.45, 2.75) is 32.6 Å². The molecule has 0 spiro atoms. The Bertz CT molecular complexity index is 679. The van der Waals surface area contributed by atoms with E-state index in [-0.39, 0.29) is 0 Å². The molecule has 0 amide bonds. The van der Waals surface area contributed by atoms with E-state index < -0.39 is 0 Å². The first-order valence-electron chi connectivity index (χ1n) is 8.01. The summed E-state index contributed by atoms with van der Waals surface area (Å²) in [5, 5.41) is 1.23. The third-order valence-corrected chi connectivity index (χ3v) is 5.37. The fraction of sp³-hybridized carbons (Fsp3) is 0.250. The van der Waals surface area contributed by atoms with Crippen molar-refractivity contribution < 1.29 is 26.1 Å². The number of para-hydroxylation sites is 1. The van der Waals surface area contributed by atoms with Crippen LogP contribution >= 0.6 is 0 Å². The SMILES string of the molecule is CCCCCc1ccc2ccccc2n1.[Hg][c]1ccccc1. The minimum atomic E-state index is 0.810. The molecule has 0 radical (unpaired) electrons. The van der Waals surface area contributed by atoms with Crippen LogP contribution in [-0.4, -0.2) is 4.98 Å². The Kier molecular flexibility index (Phi) is 7.58. The van der Waals surface area contributed by atoms with E-state index in [9.17, 15) is 0 Å². The summed E-state index contributed by atoms with van der Waals surface area (Å²) in [7, 11) is 0. The summed E-state index contributed by atoms with van der Waals surface area (Å²) in [6.07, 6.45) is 4.93. The van der Waals surface area contributed by atoms with E-state index in [4.69, 9.17) is 0 Å². The molecule has 1 aromatic heterocycles. The molecule has 0 aliphatic carbocycles. The average Bonchev–Trinajstić information content (AvgIpc) is 2.56. The van der Waals surface area contributed by atoms with Crippen LogP contribution in [0.1, 0.15) is 31.9 Å². The molecular formula is C20H22HgN. The van der Waals surface area contributed by atoms with E-state index in [0.29, 0.717) is 0 Å². The summed E-state index contributed by atoms with van der Waals surface area (Å²) >= 11 is 0.810. The third kappa shape index (κ3) is 5.88. The molecule has 0 aliphatic rings. The quantitative estimate of drug-likeness (QED) is 0.388. The number of rotatable bonds is 4. The van der Waals surface area contributed by atoms with Crippen LogP contribution in [0.25, 0.3) is 10.9 Å². The third-order valence-electron chi connectivity index (χ3n) is 3.54. The van der Waals surface area contributed by atoms with E-state index in [1.54, 1.807) is 0 Å². The molecule has 0 bridgehead atoms. The van der Waals surface area contributed by atoms with Crippen molar-refractivity contribution in [1.29, 1.82) is 0 Å². The molecule has 1 heterocycles. The van der Waals surface area contributed by atoms with Crippen LogP contribution in [0, 0.1) is 0 Å². The molecule has 0 aliphatic heterocycles. The minimum absolute atomic E-state index is 0.810. The number of pyridine rings is 1. The normalized spacial score (nSPS) is 10.1. The molecule has 0 saturated carbocycles. The fourth-order valence-corrected chi connectivity index (χ4v) is 3.34. The molecule has 109 valence electrons. The van der Waals surface area contributed by atoms with Crippen molar-refractivity contribution in [3.63, 3.8) is 0 Å². The maximum absolute atomic E-state index is 4.65.